The molecular formula is C9H21N2O+. The van der Waals surface area contributed by atoms with E-state index >= 15 is 0 Å². The lowest BCUT2D eigenvalue weighted by molar-refractivity contribution is -0.460. The fourth-order valence-corrected chi connectivity index (χ4v) is 0.780. The second-order valence-corrected chi connectivity index (χ2v) is 2.71. The van der Waals surface area contributed by atoms with Crippen LogP contribution < -0.4 is 5.32 Å². The van der Waals surface area contributed by atoms with Crippen molar-refractivity contribution in [1.29, 1.82) is 0 Å². The molecule has 1 amide bonds. The Morgan fingerprint density at radius 3 is 2.50 bits per heavy atom. The third-order valence-corrected chi connectivity index (χ3v) is 1.35. The molecule has 3 heteroatoms. The summed E-state index contributed by atoms with van der Waals surface area (Å²) in [6.45, 7) is 0.796. The Kier molecular flexibility index (Phi) is 11.6. The second-order valence-electron chi connectivity index (χ2n) is 2.71. The Labute approximate surface area is 75.5 Å². The molecule has 0 aromatic carbocycles. The Morgan fingerprint density at radius 1 is 1.33 bits per heavy atom. The fraction of sp³-hybridized carbons (Fsp3) is 0.778. The molecule has 0 spiro atoms. The van der Waals surface area contributed by atoms with E-state index in [2.05, 4.69) is 11.5 Å². The van der Waals surface area contributed by atoms with Gasteiger partial charge < -0.3 is 5.32 Å². The maximum atomic E-state index is 9.82. The number of rotatable bonds is 6. The minimum atomic E-state index is 0. The maximum Gasteiger partial charge on any atom is 0.207 e. The summed E-state index contributed by atoms with van der Waals surface area (Å²) < 4.78 is 2.05. The summed E-state index contributed by atoms with van der Waals surface area (Å²) in [5, 5.41) is 2.63. The van der Waals surface area contributed by atoms with Crippen LogP contribution >= 0.6 is 0 Å². The summed E-state index contributed by atoms with van der Waals surface area (Å²) >= 11 is 0. The van der Waals surface area contributed by atoms with Gasteiger partial charge in [-0.3, -0.25) is 4.79 Å². The highest BCUT2D eigenvalue weighted by molar-refractivity contribution is 5.50. The molecule has 0 rings (SSSR count). The lowest BCUT2D eigenvalue weighted by Crippen LogP contribution is -2.11. The number of carbonyl (C=O) groups is 1. The summed E-state index contributed by atoms with van der Waals surface area (Å²) in [6, 6.07) is 0. The molecule has 0 bridgehead atoms. The number of nitrogens with one attached hydrogen (secondary N) is 1. The Morgan fingerprint density at radius 2 is 2.00 bits per heavy atom. The van der Waals surface area contributed by atoms with Gasteiger partial charge in [0.1, 0.15) is 20.3 Å². The van der Waals surface area contributed by atoms with Gasteiger partial charge in [0.25, 0.3) is 0 Å². The Bertz CT molecular complexity index is 128. The zero-order valence-corrected chi connectivity index (χ0v) is 7.34. The number of hydrogen-bond acceptors (Lipinski definition) is 1. The highest BCUT2D eigenvalue weighted by Crippen LogP contribution is 1.89. The minimum Gasteiger partial charge on any atom is -0.359 e. The first-order valence-electron chi connectivity index (χ1n) is 3.94. The third-order valence-electron chi connectivity index (χ3n) is 1.35. The van der Waals surface area contributed by atoms with Crippen LogP contribution in [0.3, 0.4) is 0 Å². The van der Waals surface area contributed by atoms with E-state index in [1.165, 1.54) is 0 Å². The van der Waals surface area contributed by atoms with Crippen molar-refractivity contribution in [2.24, 2.45) is 0 Å². The number of hydrogen-bond donors (Lipinski definition) is 1. The van der Waals surface area contributed by atoms with Crippen molar-refractivity contribution in [3.63, 3.8) is 0 Å². The lowest BCUT2D eigenvalue weighted by atomic mass is 10.2. The van der Waals surface area contributed by atoms with Gasteiger partial charge in [-0.1, -0.05) is 7.43 Å². The van der Waals surface area contributed by atoms with Crippen LogP contribution in [0.1, 0.15) is 26.7 Å². The predicted octanol–water partition coefficient (Wildman–Crippen LogP) is 0.882. The Hall–Kier alpha value is -0.860. The number of nitrogens with zero attached hydrogens (tertiary/aromatic N) is 1. The molecule has 0 aliphatic heterocycles. The van der Waals surface area contributed by atoms with Crippen molar-refractivity contribution in [2.75, 3.05) is 20.6 Å². The molecule has 0 radical (unpaired) electrons. The average Bonchev–Trinajstić information content (AvgIpc) is 1.96. The van der Waals surface area contributed by atoms with Crippen LogP contribution in [0.5, 0.6) is 0 Å². The highest BCUT2D eigenvalue weighted by Gasteiger charge is 1.88. The van der Waals surface area contributed by atoms with E-state index in [0.717, 1.165) is 32.2 Å². The van der Waals surface area contributed by atoms with E-state index in [1.807, 2.05) is 18.7 Å². The zero-order valence-electron chi connectivity index (χ0n) is 7.34. The summed E-state index contributed by atoms with van der Waals surface area (Å²) in [5.41, 5.74) is 0. The molecule has 0 saturated heterocycles. The van der Waals surface area contributed by atoms with Crippen molar-refractivity contribution in [2.45, 2.75) is 26.7 Å². The summed E-state index contributed by atoms with van der Waals surface area (Å²) in [4.78, 5) is 9.82. The topological polar surface area (TPSA) is 32.1 Å². The van der Waals surface area contributed by atoms with Gasteiger partial charge in [0.15, 0.2) is 0 Å². The molecule has 1 N–H and O–H groups in total. The van der Waals surface area contributed by atoms with Crippen LogP contribution in [0.2, 0.25) is 0 Å². The van der Waals surface area contributed by atoms with Gasteiger partial charge in [0.05, 0.1) is 0 Å². The summed E-state index contributed by atoms with van der Waals surface area (Å²) in [5.74, 6) is 0. The van der Waals surface area contributed by atoms with Crippen LogP contribution in [-0.4, -0.2) is 37.8 Å². The van der Waals surface area contributed by atoms with Gasteiger partial charge >= 0.3 is 0 Å². The highest BCUT2D eigenvalue weighted by atomic mass is 16.2. The van der Waals surface area contributed by atoms with E-state index in [1.54, 1.807) is 0 Å². The van der Waals surface area contributed by atoms with Crippen LogP contribution in [0, 0.1) is 0 Å². The fourth-order valence-electron chi connectivity index (χ4n) is 0.780. The first kappa shape index (κ1) is 13.7. The van der Waals surface area contributed by atoms with Gasteiger partial charge in [-0.25, -0.2) is 4.58 Å². The molecule has 0 aliphatic carbocycles. The third kappa shape index (κ3) is 11.9. The molecule has 0 heterocycles. The largest absolute Gasteiger partial charge is 0.359 e. The van der Waals surface area contributed by atoms with Gasteiger partial charge in [-0.15, -0.1) is 0 Å². The lowest BCUT2D eigenvalue weighted by Gasteiger charge is -1.94. The first-order chi connectivity index (χ1) is 5.27. The van der Waals surface area contributed by atoms with Gasteiger partial charge in [-0.2, -0.15) is 0 Å². The summed E-state index contributed by atoms with van der Waals surface area (Å²) in [7, 11) is 4.04. The molecule has 3 nitrogen and oxygen atoms in total. The maximum absolute atomic E-state index is 9.82. The number of carbonyl (C=O) groups excluding carboxylic acids is 1. The molecule has 0 aromatic heterocycles. The van der Waals surface area contributed by atoms with Crippen molar-refractivity contribution < 1.29 is 9.37 Å². The van der Waals surface area contributed by atoms with E-state index in [9.17, 15) is 4.79 Å². The van der Waals surface area contributed by atoms with E-state index in [-0.39, 0.29) is 7.43 Å². The molecule has 72 valence electrons. The first-order valence-corrected chi connectivity index (χ1v) is 3.94. The SMILES string of the molecule is C[N+]([13CH3])=CCCCCN[13CH]=O.[13CH4]. The van der Waals surface area contributed by atoms with Crippen molar-refractivity contribution >= 4 is 12.6 Å². The van der Waals surface area contributed by atoms with Crippen LogP contribution in [0.4, 0.5) is 0 Å². The van der Waals surface area contributed by atoms with Gasteiger partial charge in [-0.05, 0) is 12.8 Å². The Balaban J connectivity index is 0. The normalized spacial score (nSPS) is 10.3. The number of unbranched alkanes of at least 4 members (excludes halogenated alkanes) is 2. The molecule has 0 aromatic rings. The number of amides is 1. The van der Waals surface area contributed by atoms with E-state index in [4.69, 9.17) is 0 Å². The van der Waals surface area contributed by atoms with Gasteiger partial charge in [0, 0.05) is 13.0 Å². The van der Waals surface area contributed by atoms with Crippen LogP contribution in [0.25, 0.3) is 0 Å². The smallest absolute Gasteiger partial charge is 0.207 e. The molecule has 0 saturated carbocycles. The van der Waals surface area contributed by atoms with Gasteiger partial charge in [0.2, 0.25) is 6.41 Å². The van der Waals surface area contributed by atoms with E-state index in [0.29, 0.717) is 0 Å². The molecule has 0 unspecified atom stereocenters. The minimum absolute atomic E-state index is 0. The van der Waals surface area contributed by atoms with E-state index < -0.39 is 0 Å². The van der Waals surface area contributed by atoms with Crippen LogP contribution in [-0.2, 0) is 4.79 Å². The van der Waals surface area contributed by atoms with Crippen molar-refractivity contribution in [1.82, 2.24) is 5.32 Å². The molecular weight excluding hydrogens is 155 g/mol. The second kappa shape index (κ2) is 10.1. The standard InChI is InChI=1S/C8H16N2O.CH4/c1-10(2)7-5-3-4-6-9-8-11;/h7-8H,3-6H2,1-2H3;1H4/p+1/i1+1,8+1;1+1. The average molecular weight is 176 g/mol. The predicted molar refractivity (Wildman–Crippen MR) is 52.8 cm³/mol. The van der Waals surface area contributed by atoms with Crippen molar-refractivity contribution in [3.05, 3.63) is 0 Å². The van der Waals surface area contributed by atoms with Crippen molar-refractivity contribution in [3.8, 4) is 0 Å². The quantitative estimate of drug-likeness (QED) is 0.210. The summed E-state index contributed by atoms with van der Waals surface area (Å²) in [6.07, 6.45) is 6.17. The monoisotopic (exact) mass is 176 g/mol. The molecule has 0 fully saturated rings. The zero-order chi connectivity index (χ0) is 8.53. The molecule has 12 heavy (non-hydrogen) atoms. The molecule has 0 aliphatic rings. The van der Waals surface area contributed by atoms with Crippen LogP contribution in [0.15, 0.2) is 0 Å². The molecule has 0 atom stereocenters.